The molecule has 58 heavy (non-hydrogen) atoms. The fourth-order valence-corrected chi connectivity index (χ4v) is 11.1. The average Bonchev–Trinajstić information content (AvgIpc) is 3.72. The van der Waals surface area contributed by atoms with Gasteiger partial charge in [-0.25, -0.2) is 0 Å². The van der Waals surface area contributed by atoms with Gasteiger partial charge < -0.3 is 0 Å². The van der Waals surface area contributed by atoms with Crippen LogP contribution in [-0.2, 0) is 16.2 Å². The fraction of sp³-hybridized carbons (Fsp3) is 0.172. The summed E-state index contributed by atoms with van der Waals surface area (Å²) in [5, 5.41) is 0. The predicted octanol–water partition coefficient (Wildman–Crippen LogP) is 15.6. The van der Waals surface area contributed by atoms with Crippen LogP contribution in [-0.4, -0.2) is 0 Å². The highest BCUT2D eigenvalue weighted by atomic mass is 14.4. The molecule has 0 aliphatic heterocycles. The molecule has 0 N–H and O–H groups in total. The normalized spacial score (nSPS) is 15.6. The van der Waals surface area contributed by atoms with Gasteiger partial charge in [-0.3, -0.25) is 0 Å². The van der Waals surface area contributed by atoms with E-state index in [0.29, 0.717) is 0 Å². The molecule has 0 spiro atoms. The Labute approximate surface area is 343 Å². The van der Waals surface area contributed by atoms with E-state index in [0.717, 1.165) is 0 Å². The summed E-state index contributed by atoms with van der Waals surface area (Å²) in [5.74, 6) is 0. The Bertz CT molecular complexity index is 3040. The van der Waals surface area contributed by atoms with E-state index in [-0.39, 0.29) is 16.2 Å². The molecule has 0 amide bonds. The van der Waals surface area contributed by atoms with Gasteiger partial charge in [-0.1, -0.05) is 181 Å². The molecule has 0 atom stereocenters. The molecule has 8 aromatic carbocycles. The minimum Gasteiger partial charge on any atom is -0.0619 e. The molecule has 8 aromatic rings. The lowest BCUT2D eigenvalue weighted by atomic mass is 9.79. The highest BCUT2D eigenvalue weighted by Gasteiger charge is 2.39. The molecule has 0 saturated carbocycles. The Morgan fingerprint density at radius 1 is 0.259 bits per heavy atom. The van der Waals surface area contributed by atoms with Crippen LogP contribution in [0.25, 0.3) is 77.9 Å². The summed E-state index contributed by atoms with van der Waals surface area (Å²) in [4.78, 5) is 0. The van der Waals surface area contributed by atoms with Gasteiger partial charge in [-0.2, -0.15) is 0 Å². The molecule has 0 bridgehead atoms. The van der Waals surface area contributed by atoms with Crippen molar-refractivity contribution in [3.8, 4) is 77.9 Å². The van der Waals surface area contributed by atoms with E-state index in [2.05, 4.69) is 212 Å². The van der Waals surface area contributed by atoms with Crippen molar-refractivity contribution in [3.63, 3.8) is 0 Å². The lowest BCUT2D eigenvalue weighted by Crippen LogP contribution is -2.15. The summed E-state index contributed by atoms with van der Waals surface area (Å²) in [5.41, 5.74) is 27.9. The second kappa shape index (κ2) is 12.1. The van der Waals surface area contributed by atoms with Gasteiger partial charge in [0.2, 0.25) is 0 Å². The van der Waals surface area contributed by atoms with Crippen molar-refractivity contribution in [2.24, 2.45) is 0 Å². The van der Waals surface area contributed by atoms with Crippen LogP contribution < -0.4 is 0 Å². The van der Waals surface area contributed by atoms with Crippen LogP contribution in [0.4, 0.5) is 0 Å². The van der Waals surface area contributed by atoms with E-state index >= 15 is 0 Å². The zero-order valence-electron chi connectivity index (χ0n) is 34.6. The third kappa shape index (κ3) is 4.81. The highest BCUT2D eigenvalue weighted by molar-refractivity contribution is 5.93. The Morgan fingerprint density at radius 2 is 0.569 bits per heavy atom. The predicted molar refractivity (Wildman–Crippen MR) is 246 cm³/mol. The summed E-state index contributed by atoms with van der Waals surface area (Å²) < 4.78 is 0. The van der Waals surface area contributed by atoms with E-state index in [1.54, 1.807) is 0 Å². The first-order valence-corrected chi connectivity index (χ1v) is 20.9. The molecule has 0 fully saturated rings. The van der Waals surface area contributed by atoms with E-state index < -0.39 is 0 Å². The molecule has 0 heterocycles. The van der Waals surface area contributed by atoms with Gasteiger partial charge in [0.1, 0.15) is 0 Å². The van der Waals surface area contributed by atoms with E-state index in [1.165, 1.54) is 117 Å². The second-order valence-electron chi connectivity index (χ2n) is 18.6. The summed E-state index contributed by atoms with van der Waals surface area (Å²) >= 11 is 0. The standard InChI is InChI=1S/C58H48/c1-35-15-14-22-50-55(35)48-30-26-39(34-54(48)57(50,4)5)43-19-11-10-18-42(43)38-25-29-47-46-28-24-37(32-52(46)58(6,7)53(47)33-38)41-17-9-8-16-40(41)36-23-27-45-44-20-12-13-21-49(44)56(2,3)51(45)31-36/h8-34H,1-7H3. The quantitative estimate of drug-likeness (QED) is 0.168. The van der Waals surface area contributed by atoms with Gasteiger partial charge in [-0.05, 0) is 148 Å². The van der Waals surface area contributed by atoms with Gasteiger partial charge in [0.25, 0.3) is 0 Å². The molecular formula is C58H48. The molecule has 0 aromatic heterocycles. The Kier molecular flexibility index (Phi) is 7.32. The van der Waals surface area contributed by atoms with Gasteiger partial charge in [0, 0.05) is 16.2 Å². The molecule has 0 heteroatoms. The molecule has 3 aliphatic rings. The third-order valence-corrected chi connectivity index (χ3v) is 14.3. The number of aryl methyl sites for hydroxylation is 1. The number of benzene rings is 8. The third-order valence-electron chi connectivity index (χ3n) is 14.3. The maximum Gasteiger partial charge on any atom is 0.0159 e. The van der Waals surface area contributed by atoms with Crippen molar-refractivity contribution < 1.29 is 0 Å². The van der Waals surface area contributed by atoms with Crippen molar-refractivity contribution in [3.05, 3.63) is 203 Å². The number of hydrogen-bond acceptors (Lipinski definition) is 0. The van der Waals surface area contributed by atoms with Gasteiger partial charge >= 0.3 is 0 Å². The molecule has 0 nitrogen and oxygen atoms in total. The van der Waals surface area contributed by atoms with Crippen LogP contribution >= 0.6 is 0 Å². The smallest absolute Gasteiger partial charge is 0.0159 e. The first-order valence-electron chi connectivity index (χ1n) is 20.9. The Hall–Kier alpha value is -6.24. The number of rotatable bonds is 4. The molecular weight excluding hydrogens is 697 g/mol. The van der Waals surface area contributed by atoms with Gasteiger partial charge in [0.05, 0.1) is 0 Å². The maximum atomic E-state index is 2.47. The van der Waals surface area contributed by atoms with Crippen molar-refractivity contribution in [1.29, 1.82) is 0 Å². The molecule has 280 valence electrons. The topological polar surface area (TPSA) is 0 Å². The van der Waals surface area contributed by atoms with Gasteiger partial charge in [-0.15, -0.1) is 0 Å². The Morgan fingerprint density at radius 3 is 1.02 bits per heavy atom. The molecule has 0 unspecified atom stereocenters. The monoisotopic (exact) mass is 744 g/mol. The highest BCUT2D eigenvalue weighted by Crippen LogP contribution is 2.54. The maximum absolute atomic E-state index is 2.47. The lowest BCUT2D eigenvalue weighted by Gasteiger charge is -2.24. The first kappa shape index (κ1) is 35.0. The first-order chi connectivity index (χ1) is 27.9. The van der Waals surface area contributed by atoms with Gasteiger partial charge in [0.15, 0.2) is 0 Å². The van der Waals surface area contributed by atoms with Crippen molar-refractivity contribution in [2.75, 3.05) is 0 Å². The molecule has 3 aliphatic carbocycles. The summed E-state index contributed by atoms with van der Waals surface area (Å²) in [7, 11) is 0. The largest absolute Gasteiger partial charge is 0.0619 e. The van der Waals surface area contributed by atoms with Crippen molar-refractivity contribution in [1.82, 2.24) is 0 Å². The van der Waals surface area contributed by atoms with E-state index in [1.807, 2.05) is 0 Å². The van der Waals surface area contributed by atoms with E-state index in [9.17, 15) is 0 Å². The summed E-state index contributed by atoms with van der Waals surface area (Å²) in [6.45, 7) is 16.6. The molecule has 0 saturated heterocycles. The summed E-state index contributed by atoms with van der Waals surface area (Å²) in [6, 6.07) is 62.3. The SMILES string of the molecule is Cc1cccc2c1-c1ccc(-c3ccccc3-c3ccc4c(c3)C(C)(C)c3cc(-c5ccccc5-c5ccc6c(c5)C(C)(C)c5ccccc5-6)ccc3-4)cc1C2(C)C. The molecule has 0 radical (unpaired) electrons. The van der Waals surface area contributed by atoms with Crippen LogP contribution in [0.2, 0.25) is 0 Å². The summed E-state index contributed by atoms with van der Waals surface area (Å²) in [6.07, 6.45) is 0. The lowest BCUT2D eigenvalue weighted by molar-refractivity contribution is 0.660. The van der Waals surface area contributed by atoms with Crippen LogP contribution in [0.15, 0.2) is 164 Å². The average molecular weight is 745 g/mol. The van der Waals surface area contributed by atoms with Crippen LogP contribution in [0.1, 0.15) is 80.5 Å². The minimum absolute atomic E-state index is 0.0382. The van der Waals surface area contributed by atoms with Crippen molar-refractivity contribution >= 4 is 0 Å². The van der Waals surface area contributed by atoms with Crippen LogP contribution in [0.3, 0.4) is 0 Å². The minimum atomic E-state index is -0.162. The fourth-order valence-electron chi connectivity index (χ4n) is 11.1. The number of fused-ring (bicyclic) bond motifs is 9. The number of hydrogen-bond donors (Lipinski definition) is 0. The zero-order valence-corrected chi connectivity index (χ0v) is 34.6. The second-order valence-corrected chi connectivity index (χ2v) is 18.6. The Balaban J connectivity index is 0.961. The zero-order chi connectivity index (χ0) is 39.7. The van der Waals surface area contributed by atoms with Crippen LogP contribution in [0, 0.1) is 6.92 Å². The molecule has 11 rings (SSSR count). The van der Waals surface area contributed by atoms with Crippen molar-refractivity contribution in [2.45, 2.75) is 64.7 Å². The van der Waals surface area contributed by atoms with Crippen LogP contribution in [0.5, 0.6) is 0 Å². The van der Waals surface area contributed by atoms with E-state index in [4.69, 9.17) is 0 Å².